The van der Waals surface area contributed by atoms with Crippen molar-refractivity contribution in [3.63, 3.8) is 0 Å². The van der Waals surface area contributed by atoms with Crippen molar-refractivity contribution in [1.29, 1.82) is 0 Å². The minimum atomic E-state index is -0.220. The van der Waals surface area contributed by atoms with E-state index in [2.05, 4.69) is 15.5 Å². The summed E-state index contributed by atoms with van der Waals surface area (Å²) in [5.41, 5.74) is 5.38. The monoisotopic (exact) mass is 384 g/mol. The van der Waals surface area contributed by atoms with Gasteiger partial charge in [-0.15, -0.1) is 0 Å². The number of hydrazone groups is 1. The molecule has 132 valence electrons. The highest BCUT2D eigenvalue weighted by molar-refractivity contribution is 7.99. The van der Waals surface area contributed by atoms with Gasteiger partial charge in [0.2, 0.25) is 0 Å². The number of carbonyl (C=O) groups excluding carboxylic acids is 1. The molecule has 0 fully saturated rings. The van der Waals surface area contributed by atoms with Crippen LogP contribution in [0.5, 0.6) is 0 Å². The Bertz CT molecular complexity index is 966. The number of thioether (sulfide) groups is 1. The number of nitrogens with one attached hydrogen (secondary N) is 1. The summed E-state index contributed by atoms with van der Waals surface area (Å²) in [4.78, 5) is 16.5. The Morgan fingerprint density at radius 1 is 1.23 bits per heavy atom. The number of rotatable bonds is 6. The topological polar surface area (TPSA) is 59.3 Å². The lowest BCUT2D eigenvalue weighted by Gasteiger charge is -2.01. The summed E-state index contributed by atoms with van der Waals surface area (Å²) < 4.78 is 1.97. The lowest BCUT2D eigenvalue weighted by atomic mass is 10.2. The summed E-state index contributed by atoms with van der Waals surface area (Å²) in [6.45, 7) is 0. The first-order chi connectivity index (χ1) is 12.6. The molecule has 3 rings (SSSR count). The number of aromatic nitrogens is 2. The normalized spacial score (nSPS) is 12.0. The molecule has 0 bridgehead atoms. The first kappa shape index (κ1) is 18.2. The largest absolute Gasteiger partial charge is 0.322 e. The number of allylic oxidation sites excluding steroid dienone is 1. The number of hydrogen-bond acceptors (Lipinski definition) is 4. The van der Waals surface area contributed by atoms with Crippen LogP contribution in [0.25, 0.3) is 17.1 Å². The van der Waals surface area contributed by atoms with Crippen molar-refractivity contribution >= 4 is 52.6 Å². The Morgan fingerprint density at radius 2 is 1.96 bits per heavy atom. The highest BCUT2D eigenvalue weighted by Gasteiger charge is 2.09. The maximum atomic E-state index is 11.9. The third-order valence-corrected chi connectivity index (χ3v) is 4.80. The van der Waals surface area contributed by atoms with Crippen LogP contribution in [0, 0.1) is 0 Å². The predicted octanol–water partition coefficient (Wildman–Crippen LogP) is 4.05. The van der Waals surface area contributed by atoms with Crippen molar-refractivity contribution < 1.29 is 4.79 Å². The lowest BCUT2D eigenvalue weighted by molar-refractivity contribution is -0.118. The van der Waals surface area contributed by atoms with E-state index in [-0.39, 0.29) is 11.7 Å². The quantitative estimate of drug-likeness (QED) is 0.396. The van der Waals surface area contributed by atoms with Crippen LogP contribution in [0.1, 0.15) is 5.56 Å². The third-order valence-electron chi connectivity index (χ3n) is 3.56. The molecule has 0 radical (unpaired) electrons. The van der Waals surface area contributed by atoms with Crippen LogP contribution < -0.4 is 5.43 Å². The predicted molar refractivity (Wildman–Crippen MR) is 108 cm³/mol. The van der Waals surface area contributed by atoms with Gasteiger partial charge in [0.15, 0.2) is 5.16 Å². The van der Waals surface area contributed by atoms with Crippen LogP contribution in [0.2, 0.25) is 0 Å². The van der Waals surface area contributed by atoms with Gasteiger partial charge in [0.1, 0.15) is 0 Å². The van der Waals surface area contributed by atoms with Crippen molar-refractivity contribution in [2.24, 2.45) is 12.1 Å². The average molecular weight is 385 g/mol. The number of imidazole rings is 1. The van der Waals surface area contributed by atoms with Crippen LogP contribution in [0.4, 0.5) is 0 Å². The zero-order valence-electron chi connectivity index (χ0n) is 14.1. The molecule has 0 spiro atoms. The number of amides is 1. The van der Waals surface area contributed by atoms with E-state index in [9.17, 15) is 4.79 Å². The molecule has 1 amide bonds. The highest BCUT2D eigenvalue weighted by atomic mass is 35.5. The van der Waals surface area contributed by atoms with Gasteiger partial charge in [-0.2, -0.15) is 5.10 Å². The number of para-hydroxylation sites is 2. The van der Waals surface area contributed by atoms with Crippen molar-refractivity contribution in [1.82, 2.24) is 15.0 Å². The molecular weight excluding hydrogens is 368 g/mol. The van der Waals surface area contributed by atoms with Crippen LogP contribution in [-0.2, 0) is 11.8 Å². The van der Waals surface area contributed by atoms with E-state index >= 15 is 0 Å². The molecule has 0 atom stereocenters. The summed E-state index contributed by atoms with van der Waals surface area (Å²) in [6.07, 6.45) is 3.18. The van der Waals surface area contributed by atoms with E-state index in [1.807, 2.05) is 66.2 Å². The third kappa shape index (κ3) is 4.74. The van der Waals surface area contributed by atoms with E-state index in [0.29, 0.717) is 5.03 Å². The van der Waals surface area contributed by atoms with E-state index < -0.39 is 0 Å². The van der Waals surface area contributed by atoms with Crippen LogP contribution in [-0.4, -0.2) is 27.4 Å². The number of nitrogens with zero attached hydrogens (tertiary/aromatic N) is 3. The number of benzene rings is 2. The molecule has 3 aromatic rings. The number of aryl methyl sites for hydroxylation is 1. The fourth-order valence-electron chi connectivity index (χ4n) is 2.33. The molecule has 0 saturated carbocycles. The van der Waals surface area contributed by atoms with Gasteiger partial charge in [-0.05, 0) is 23.8 Å². The van der Waals surface area contributed by atoms with Crippen molar-refractivity contribution in [3.8, 4) is 0 Å². The summed E-state index contributed by atoms with van der Waals surface area (Å²) in [7, 11) is 1.93. The summed E-state index contributed by atoms with van der Waals surface area (Å²) >= 11 is 7.44. The zero-order valence-corrected chi connectivity index (χ0v) is 15.7. The Kier molecular flexibility index (Phi) is 6.09. The average Bonchev–Trinajstić information content (AvgIpc) is 2.97. The lowest BCUT2D eigenvalue weighted by Crippen LogP contribution is -2.19. The van der Waals surface area contributed by atoms with Crippen LogP contribution in [0.15, 0.2) is 69.9 Å². The van der Waals surface area contributed by atoms with Gasteiger partial charge < -0.3 is 4.57 Å². The van der Waals surface area contributed by atoms with Crippen molar-refractivity contribution in [3.05, 3.63) is 65.2 Å². The number of hydrogen-bond donors (Lipinski definition) is 1. The van der Waals surface area contributed by atoms with Gasteiger partial charge in [-0.25, -0.2) is 10.4 Å². The van der Waals surface area contributed by atoms with E-state index in [4.69, 9.17) is 11.6 Å². The van der Waals surface area contributed by atoms with Crippen LogP contribution in [0.3, 0.4) is 0 Å². The molecule has 1 N–H and O–H groups in total. The first-order valence-electron chi connectivity index (χ1n) is 7.92. The summed E-state index contributed by atoms with van der Waals surface area (Å²) in [6, 6.07) is 17.5. The summed E-state index contributed by atoms with van der Waals surface area (Å²) in [5.74, 6) is -0.00314. The molecule has 0 aliphatic rings. The second kappa shape index (κ2) is 8.69. The fraction of sp³-hybridized carbons (Fsp3) is 0.105. The van der Waals surface area contributed by atoms with E-state index in [1.54, 1.807) is 6.08 Å². The number of fused-ring (bicyclic) bond motifs is 1. The minimum Gasteiger partial charge on any atom is -0.322 e. The minimum absolute atomic E-state index is 0.217. The van der Waals surface area contributed by atoms with Gasteiger partial charge in [0.05, 0.1) is 28.0 Å². The van der Waals surface area contributed by atoms with Gasteiger partial charge in [-0.3, -0.25) is 4.79 Å². The summed E-state index contributed by atoms with van der Waals surface area (Å²) in [5, 5.41) is 5.09. The molecule has 1 heterocycles. The fourth-order valence-corrected chi connectivity index (χ4v) is 3.28. The SMILES string of the molecule is Cn1c(SCC(=O)N/N=C\C(Cl)=C\c2ccccc2)nc2ccccc21. The van der Waals surface area contributed by atoms with E-state index in [0.717, 1.165) is 21.8 Å². The molecule has 2 aromatic carbocycles. The first-order valence-corrected chi connectivity index (χ1v) is 9.28. The smallest absolute Gasteiger partial charge is 0.250 e. The zero-order chi connectivity index (χ0) is 18.4. The van der Waals surface area contributed by atoms with E-state index in [1.165, 1.54) is 18.0 Å². The Morgan fingerprint density at radius 3 is 2.73 bits per heavy atom. The molecule has 0 aliphatic carbocycles. The number of carbonyl (C=O) groups is 1. The molecule has 26 heavy (non-hydrogen) atoms. The maximum Gasteiger partial charge on any atom is 0.250 e. The number of halogens is 1. The van der Waals surface area contributed by atoms with Crippen molar-refractivity contribution in [2.45, 2.75) is 5.16 Å². The molecule has 0 unspecified atom stereocenters. The molecule has 0 saturated heterocycles. The Labute approximate surface area is 160 Å². The van der Waals surface area contributed by atoms with Crippen molar-refractivity contribution in [2.75, 3.05) is 5.75 Å². The second-order valence-electron chi connectivity index (χ2n) is 5.46. The molecule has 1 aromatic heterocycles. The maximum absolute atomic E-state index is 11.9. The van der Waals surface area contributed by atoms with Crippen LogP contribution >= 0.6 is 23.4 Å². The standard InChI is InChI=1S/C19H17ClN4OS/c1-24-17-10-6-5-9-16(17)22-19(24)26-13-18(25)23-21-12-15(20)11-14-7-3-2-4-8-14/h2-12H,13H2,1H3,(H,23,25)/b15-11-,21-12-. The Hall–Kier alpha value is -2.57. The Balaban J connectivity index is 1.52. The highest BCUT2D eigenvalue weighted by Crippen LogP contribution is 2.22. The second-order valence-corrected chi connectivity index (χ2v) is 6.84. The van der Waals surface area contributed by atoms with Gasteiger partial charge in [-0.1, -0.05) is 65.8 Å². The molecule has 5 nitrogen and oxygen atoms in total. The van der Waals surface area contributed by atoms with Gasteiger partial charge in [0, 0.05) is 7.05 Å². The van der Waals surface area contributed by atoms with Gasteiger partial charge >= 0.3 is 0 Å². The van der Waals surface area contributed by atoms with Gasteiger partial charge in [0.25, 0.3) is 5.91 Å². The molecule has 0 aliphatic heterocycles. The molecule has 7 heteroatoms. The molecular formula is C19H17ClN4OS.